The van der Waals surface area contributed by atoms with Crippen molar-refractivity contribution < 1.29 is 27.9 Å². The van der Waals surface area contributed by atoms with Crippen molar-refractivity contribution in [3.05, 3.63) is 53.5 Å². The number of esters is 1. The third-order valence-corrected chi connectivity index (χ3v) is 2.82. The second-order valence-corrected chi connectivity index (χ2v) is 4.45. The molecule has 0 unspecified atom stereocenters. The number of ether oxygens (including phenoxy) is 1. The number of nitrogens with zero attached hydrogens (tertiary/aromatic N) is 1. The summed E-state index contributed by atoms with van der Waals surface area (Å²) in [6.45, 7) is 0. The second kappa shape index (κ2) is 6.75. The molecular weight excluding hydrogens is 293 g/mol. The van der Waals surface area contributed by atoms with E-state index in [0.29, 0.717) is 12.2 Å². The number of ketones is 2. The molecule has 0 aliphatic heterocycles. The predicted molar refractivity (Wildman–Crippen MR) is 71.7 cm³/mol. The summed E-state index contributed by atoms with van der Waals surface area (Å²) < 4.78 is 22.3. The predicted octanol–water partition coefficient (Wildman–Crippen LogP) is 1.72. The van der Waals surface area contributed by atoms with Gasteiger partial charge in [0.1, 0.15) is 11.6 Å². The molecule has 1 aromatic carbocycles. The molecule has 0 aliphatic carbocycles. The van der Waals surface area contributed by atoms with E-state index in [1.807, 2.05) is 0 Å². The first-order valence-corrected chi connectivity index (χ1v) is 6.33. The van der Waals surface area contributed by atoms with E-state index in [2.05, 4.69) is 9.72 Å². The lowest BCUT2D eigenvalue weighted by Gasteiger charge is -1.98. The largest absolute Gasteiger partial charge is 0.463 e. The van der Waals surface area contributed by atoms with E-state index in [4.69, 9.17) is 4.42 Å². The lowest BCUT2D eigenvalue weighted by Crippen LogP contribution is -2.19. The Labute approximate surface area is 124 Å². The topological polar surface area (TPSA) is 86.5 Å². The van der Waals surface area contributed by atoms with E-state index in [0.717, 1.165) is 12.7 Å². The molecule has 6 nitrogen and oxygen atoms in total. The molecule has 114 valence electrons. The van der Waals surface area contributed by atoms with Gasteiger partial charge in [-0.1, -0.05) is 12.1 Å². The van der Waals surface area contributed by atoms with Crippen LogP contribution in [0.5, 0.6) is 0 Å². The van der Waals surface area contributed by atoms with Gasteiger partial charge in [-0.25, -0.2) is 14.2 Å². The molecule has 0 saturated carbocycles. The van der Waals surface area contributed by atoms with Crippen LogP contribution in [-0.4, -0.2) is 29.6 Å². The molecule has 7 heteroatoms. The van der Waals surface area contributed by atoms with Gasteiger partial charge in [-0.15, -0.1) is 0 Å². The lowest BCUT2D eigenvalue weighted by atomic mass is 10.1. The minimum atomic E-state index is -1.09. The standard InChI is InChI=1S/C15H12FNO5/c1-21-15(20)13(19)7-12(18)14-17-8-11(22-14)6-9-2-4-10(16)5-3-9/h2-5,8H,6-7H2,1H3. The van der Waals surface area contributed by atoms with E-state index in [-0.39, 0.29) is 11.7 Å². The highest BCUT2D eigenvalue weighted by molar-refractivity contribution is 6.37. The molecule has 0 saturated heterocycles. The van der Waals surface area contributed by atoms with Gasteiger partial charge in [0.15, 0.2) is 0 Å². The van der Waals surface area contributed by atoms with E-state index < -0.39 is 24.0 Å². The summed E-state index contributed by atoms with van der Waals surface area (Å²) >= 11 is 0. The maximum atomic E-state index is 12.8. The first kappa shape index (κ1) is 15.6. The minimum Gasteiger partial charge on any atom is -0.463 e. The van der Waals surface area contributed by atoms with Crippen LogP contribution in [0.4, 0.5) is 4.39 Å². The molecule has 2 rings (SSSR count). The average molecular weight is 305 g/mol. The van der Waals surface area contributed by atoms with Crippen molar-refractivity contribution >= 4 is 17.5 Å². The fraction of sp³-hybridized carbons (Fsp3) is 0.200. The zero-order valence-electron chi connectivity index (χ0n) is 11.7. The Kier molecular flexibility index (Phi) is 4.77. The van der Waals surface area contributed by atoms with Crippen LogP contribution in [0, 0.1) is 5.82 Å². The molecule has 1 heterocycles. The molecule has 0 atom stereocenters. The molecule has 22 heavy (non-hydrogen) atoms. The number of hydrogen-bond donors (Lipinski definition) is 0. The Morgan fingerprint density at radius 1 is 1.23 bits per heavy atom. The van der Waals surface area contributed by atoms with Gasteiger partial charge in [-0.3, -0.25) is 9.59 Å². The van der Waals surface area contributed by atoms with E-state index in [1.54, 1.807) is 12.1 Å². The monoisotopic (exact) mass is 305 g/mol. The number of oxazole rings is 1. The van der Waals surface area contributed by atoms with Gasteiger partial charge >= 0.3 is 5.97 Å². The number of methoxy groups -OCH3 is 1. The van der Waals surface area contributed by atoms with Crippen LogP contribution in [0.25, 0.3) is 0 Å². The van der Waals surface area contributed by atoms with Crippen molar-refractivity contribution in [2.24, 2.45) is 0 Å². The smallest absolute Gasteiger partial charge is 0.374 e. The van der Waals surface area contributed by atoms with Gasteiger partial charge in [-0.2, -0.15) is 0 Å². The number of halogens is 1. The van der Waals surface area contributed by atoms with Crippen molar-refractivity contribution in [1.82, 2.24) is 4.98 Å². The Morgan fingerprint density at radius 3 is 2.55 bits per heavy atom. The van der Waals surface area contributed by atoms with Crippen LogP contribution in [0.3, 0.4) is 0 Å². The number of carbonyl (C=O) groups excluding carboxylic acids is 3. The number of hydrogen-bond acceptors (Lipinski definition) is 6. The maximum Gasteiger partial charge on any atom is 0.374 e. The normalized spacial score (nSPS) is 10.3. The molecule has 1 aromatic heterocycles. The van der Waals surface area contributed by atoms with E-state index in [9.17, 15) is 18.8 Å². The van der Waals surface area contributed by atoms with Crippen molar-refractivity contribution in [3.8, 4) is 0 Å². The van der Waals surface area contributed by atoms with E-state index in [1.165, 1.54) is 18.3 Å². The van der Waals surface area contributed by atoms with Gasteiger partial charge in [0.2, 0.25) is 11.6 Å². The molecule has 0 aliphatic rings. The van der Waals surface area contributed by atoms with Crippen LogP contribution in [0.2, 0.25) is 0 Å². The fourth-order valence-corrected chi connectivity index (χ4v) is 1.73. The van der Waals surface area contributed by atoms with Gasteiger partial charge < -0.3 is 9.15 Å². The highest BCUT2D eigenvalue weighted by atomic mass is 19.1. The lowest BCUT2D eigenvalue weighted by molar-refractivity contribution is -0.151. The quantitative estimate of drug-likeness (QED) is 0.349. The minimum absolute atomic E-state index is 0.255. The fourth-order valence-electron chi connectivity index (χ4n) is 1.73. The van der Waals surface area contributed by atoms with Crippen LogP contribution in [0.1, 0.15) is 28.4 Å². The number of benzene rings is 1. The zero-order valence-corrected chi connectivity index (χ0v) is 11.7. The second-order valence-electron chi connectivity index (χ2n) is 4.45. The van der Waals surface area contributed by atoms with Gasteiger partial charge in [0.25, 0.3) is 5.89 Å². The summed E-state index contributed by atoms with van der Waals surface area (Å²) in [7, 11) is 1.05. The van der Waals surface area contributed by atoms with Gasteiger partial charge in [0, 0.05) is 6.42 Å². The summed E-state index contributed by atoms with van der Waals surface area (Å²) in [6, 6.07) is 5.79. The number of carbonyl (C=O) groups is 3. The Bertz CT molecular complexity index is 705. The molecule has 0 fully saturated rings. The van der Waals surface area contributed by atoms with Crippen molar-refractivity contribution in [2.45, 2.75) is 12.8 Å². The average Bonchev–Trinajstić information content (AvgIpc) is 2.97. The highest BCUT2D eigenvalue weighted by Gasteiger charge is 2.22. The molecule has 0 radical (unpaired) electrons. The van der Waals surface area contributed by atoms with Crippen LogP contribution >= 0.6 is 0 Å². The van der Waals surface area contributed by atoms with Crippen molar-refractivity contribution in [2.75, 3.05) is 7.11 Å². The van der Waals surface area contributed by atoms with Gasteiger partial charge in [0.05, 0.1) is 19.7 Å². The molecular formula is C15H12FNO5. The van der Waals surface area contributed by atoms with Crippen molar-refractivity contribution in [1.29, 1.82) is 0 Å². The molecule has 2 aromatic rings. The van der Waals surface area contributed by atoms with Crippen LogP contribution in [0.15, 0.2) is 34.9 Å². The number of rotatable bonds is 6. The zero-order chi connectivity index (χ0) is 16.1. The van der Waals surface area contributed by atoms with Gasteiger partial charge in [-0.05, 0) is 17.7 Å². The third kappa shape index (κ3) is 3.85. The summed E-state index contributed by atoms with van der Waals surface area (Å²) in [4.78, 5) is 37.8. The first-order valence-electron chi connectivity index (χ1n) is 6.33. The third-order valence-electron chi connectivity index (χ3n) is 2.82. The first-order chi connectivity index (χ1) is 10.5. The number of aromatic nitrogens is 1. The molecule has 0 amide bonds. The molecule has 0 bridgehead atoms. The molecule has 0 N–H and O–H groups in total. The Hall–Kier alpha value is -2.83. The van der Waals surface area contributed by atoms with Crippen LogP contribution < -0.4 is 0 Å². The molecule has 0 spiro atoms. The maximum absolute atomic E-state index is 12.8. The summed E-state index contributed by atoms with van der Waals surface area (Å²) in [5.41, 5.74) is 0.780. The summed E-state index contributed by atoms with van der Waals surface area (Å²) in [6.07, 6.45) is 1.01. The summed E-state index contributed by atoms with van der Waals surface area (Å²) in [5.74, 6) is -2.98. The highest BCUT2D eigenvalue weighted by Crippen LogP contribution is 2.13. The number of Topliss-reactive ketones (excluding diaryl/α,β-unsaturated/α-hetero) is 2. The van der Waals surface area contributed by atoms with E-state index >= 15 is 0 Å². The Morgan fingerprint density at radius 2 is 1.91 bits per heavy atom. The van der Waals surface area contributed by atoms with Crippen molar-refractivity contribution in [3.63, 3.8) is 0 Å². The van der Waals surface area contributed by atoms with Crippen LogP contribution in [-0.2, 0) is 20.7 Å². The SMILES string of the molecule is COC(=O)C(=O)CC(=O)c1ncc(Cc2ccc(F)cc2)o1. The summed E-state index contributed by atoms with van der Waals surface area (Å²) in [5, 5.41) is 0. The Balaban J connectivity index is 2.01.